The number of hydrogen-bond donors (Lipinski definition) is 1. The molecule has 0 spiro atoms. The van der Waals surface area contributed by atoms with Crippen molar-refractivity contribution in [3.8, 4) is 0 Å². The van der Waals surface area contributed by atoms with Crippen LogP contribution in [0.3, 0.4) is 0 Å². The zero-order chi connectivity index (χ0) is 13.7. The fraction of sp³-hybridized carbons (Fsp3) is 0.846. The highest BCUT2D eigenvalue weighted by Gasteiger charge is 2.33. The first-order chi connectivity index (χ1) is 8.40. The molecule has 1 aliphatic heterocycles. The first-order valence-corrected chi connectivity index (χ1v) is 6.54. The van der Waals surface area contributed by atoms with Gasteiger partial charge in [0.05, 0.1) is 18.1 Å². The standard InChI is InChI=1S/C13H23NO4/c1-8(2)17-12(15)10-5-6-14-11(7-10)13(16)18-9(3)4/h8-11,14H,5-7H2,1-4H3. The predicted octanol–water partition coefficient (Wildman–Crippen LogP) is 1.26. The largest absolute Gasteiger partial charge is 0.463 e. The third kappa shape index (κ3) is 4.64. The van der Waals surface area contributed by atoms with Crippen LogP contribution in [-0.2, 0) is 19.1 Å². The number of carbonyl (C=O) groups is 2. The van der Waals surface area contributed by atoms with Crippen molar-refractivity contribution in [1.29, 1.82) is 0 Å². The monoisotopic (exact) mass is 257 g/mol. The Bertz CT molecular complexity index is 273. The van der Waals surface area contributed by atoms with Gasteiger partial charge in [0.2, 0.25) is 0 Å². The molecule has 18 heavy (non-hydrogen) atoms. The predicted molar refractivity (Wildman–Crippen MR) is 67.0 cm³/mol. The van der Waals surface area contributed by atoms with Gasteiger partial charge in [-0.25, -0.2) is 0 Å². The van der Waals surface area contributed by atoms with Crippen LogP contribution >= 0.6 is 0 Å². The van der Waals surface area contributed by atoms with Crippen molar-refractivity contribution >= 4 is 11.9 Å². The van der Waals surface area contributed by atoms with Crippen molar-refractivity contribution in [2.75, 3.05) is 6.54 Å². The minimum absolute atomic E-state index is 0.117. The molecule has 0 amide bonds. The lowest BCUT2D eigenvalue weighted by Gasteiger charge is -2.28. The molecule has 5 heteroatoms. The Hall–Kier alpha value is -1.10. The Morgan fingerprint density at radius 2 is 1.61 bits per heavy atom. The number of esters is 2. The molecule has 2 atom stereocenters. The van der Waals surface area contributed by atoms with E-state index in [0.717, 1.165) is 0 Å². The summed E-state index contributed by atoms with van der Waals surface area (Å²) in [6.07, 6.45) is 0.907. The second-order valence-electron chi connectivity index (χ2n) is 5.20. The van der Waals surface area contributed by atoms with Gasteiger partial charge in [0.1, 0.15) is 6.04 Å². The molecule has 1 rings (SSSR count). The highest BCUT2D eigenvalue weighted by atomic mass is 16.5. The maximum Gasteiger partial charge on any atom is 0.323 e. The van der Waals surface area contributed by atoms with Gasteiger partial charge in [-0.3, -0.25) is 9.59 Å². The summed E-state index contributed by atoms with van der Waals surface area (Å²) >= 11 is 0. The lowest BCUT2D eigenvalue weighted by atomic mass is 9.92. The lowest BCUT2D eigenvalue weighted by molar-refractivity contribution is -0.156. The van der Waals surface area contributed by atoms with Crippen molar-refractivity contribution in [1.82, 2.24) is 5.32 Å². The maximum absolute atomic E-state index is 11.8. The Morgan fingerprint density at radius 1 is 1.06 bits per heavy atom. The molecule has 104 valence electrons. The van der Waals surface area contributed by atoms with Crippen LogP contribution in [0.4, 0.5) is 0 Å². The van der Waals surface area contributed by atoms with E-state index in [1.807, 2.05) is 27.7 Å². The zero-order valence-corrected chi connectivity index (χ0v) is 11.6. The molecule has 2 unspecified atom stereocenters. The van der Waals surface area contributed by atoms with E-state index in [-0.39, 0.29) is 30.1 Å². The van der Waals surface area contributed by atoms with Crippen molar-refractivity contribution in [2.24, 2.45) is 5.92 Å². The quantitative estimate of drug-likeness (QED) is 0.768. The molecular weight excluding hydrogens is 234 g/mol. The molecule has 1 heterocycles. The van der Waals surface area contributed by atoms with Gasteiger partial charge < -0.3 is 14.8 Å². The van der Waals surface area contributed by atoms with Crippen LogP contribution in [0.5, 0.6) is 0 Å². The second kappa shape index (κ2) is 6.73. The van der Waals surface area contributed by atoms with Crippen LogP contribution in [0.25, 0.3) is 0 Å². The number of rotatable bonds is 4. The highest BCUT2D eigenvalue weighted by Crippen LogP contribution is 2.19. The summed E-state index contributed by atoms with van der Waals surface area (Å²) in [6, 6.07) is -0.397. The molecular formula is C13H23NO4. The third-order valence-corrected chi connectivity index (χ3v) is 2.73. The fourth-order valence-corrected chi connectivity index (χ4v) is 1.95. The van der Waals surface area contributed by atoms with E-state index < -0.39 is 6.04 Å². The van der Waals surface area contributed by atoms with Gasteiger partial charge in [-0.05, 0) is 47.1 Å². The van der Waals surface area contributed by atoms with E-state index in [1.165, 1.54) is 0 Å². The molecule has 1 fully saturated rings. The van der Waals surface area contributed by atoms with Crippen LogP contribution in [0.2, 0.25) is 0 Å². The topological polar surface area (TPSA) is 64.6 Å². The molecule has 1 saturated heterocycles. The van der Waals surface area contributed by atoms with E-state index >= 15 is 0 Å². The summed E-state index contributed by atoms with van der Waals surface area (Å²) in [7, 11) is 0. The minimum atomic E-state index is -0.397. The summed E-state index contributed by atoms with van der Waals surface area (Å²) in [6.45, 7) is 7.90. The molecule has 0 aromatic heterocycles. The van der Waals surface area contributed by atoms with E-state index in [4.69, 9.17) is 9.47 Å². The normalized spacial score (nSPS) is 24.1. The number of ether oxygens (including phenoxy) is 2. The molecule has 1 aliphatic rings. The Labute approximate surface area is 108 Å². The number of hydrogen-bond acceptors (Lipinski definition) is 5. The van der Waals surface area contributed by atoms with Crippen LogP contribution in [0, 0.1) is 5.92 Å². The van der Waals surface area contributed by atoms with Crippen molar-refractivity contribution in [2.45, 2.75) is 58.8 Å². The molecule has 0 aromatic rings. The third-order valence-electron chi connectivity index (χ3n) is 2.73. The molecule has 0 aliphatic carbocycles. The number of carbonyl (C=O) groups excluding carboxylic acids is 2. The molecule has 1 N–H and O–H groups in total. The summed E-state index contributed by atoms with van der Waals surface area (Å²) in [5.41, 5.74) is 0. The maximum atomic E-state index is 11.8. The molecule has 0 aromatic carbocycles. The van der Waals surface area contributed by atoms with E-state index in [9.17, 15) is 9.59 Å². The van der Waals surface area contributed by atoms with Crippen LogP contribution in [0.1, 0.15) is 40.5 Å². The van der Waals surface area contributed by atoms with Gasteiger partial charge in [-0.1, -0.05) is 0 Å². The SMILES string of the molecule is CC(C)OC(=O)C1CCNC(C(=O)OC(C)C)C1. The zero-order valence-electron chi connectivity index (χ0n) is 11.6. The van der Waals surface area contributed by atoms with Gasteiger partial charge in [0, 0.05) is 0 Å². The molecule has 0 saturated carbocycles. The summed E-state index contributed by atoms with van der Waals surface area (Å²) in [5.74, 6) is -0.709. The van der Waals surface area contributed by atoms with Gasteiger partial charge in [0.25, 0.3) is 0 Å². The van der Waals surface area contributed by atoms with Crippen molar-refractivity contribution < 1.29 is 19.1 Å². The Morgan fingerprint density at radius 3 is 2.17 bits per heavy atom. The lowest BCUT2D eigenvalue weighted by Crippen LogP contribution is -2.47. The van der Waals surface area contributed by atoms with E-state index in [1.54, 1.807) is 0 Å². The Balaban J connectivity index is 2.50. The van der Waals surface area contributed by atoms with Gasteiger partial charge >= 0.3 is 11.9 Å². The first kappa shape index (κ1) is 15.0. The summed E-state index contributed by atoms with van der Waals surface area (Å²) in [5, 5.41) is 3.08. The van der Waals surface area contributed by atoms with Gasteiger partial charge in [-0.15, -0.1) is 0 Å². The molecule has 5 nitrogen and oxygen atoms in total. The van der Waals surface area contributed by atoms with Crippen molar-refractivity contribution in [3.05, 3.63) is 0 Å². The van der Waals surface area contributed by atoms with E-state index in [2.05, 4.69) is 5.32 Å². The highest BCUT2D eigenvalue weighted by molar-refractivity contribution is 5.79. The summed E-state index contributed by atoms with van der Waals surface area (Å²) in [4.78, 5) is 23.6. The Kier molecular flexibility index (Phi) is 5.59. The van der Waals surface area contributed by atoms with E-state index in [0.29, 0.717) is 19.4 Å². The van der Waals surface area contributed by atoms with Gasteiger partial charge in [-0.2, -0.15) is 0 Å². The average molecular weight is 257 g/mol. The number of piperidine rings is 1. The van der Waals surface area contributed by atoms with Crippen LogP contribution in [0.15, 0.2) is 0 Å². The second-order valence-corrected chi connectivity index (χ2v) is 5.20. The number of nitrogens with one attached hydrogen (secondary N) is 1. The van der Waals surface area contributed by atoms with Crippen LogP contribution < -0.4 is 5.32 Å². The smallest absolute Gasteiger partial charge is 0.323 e. The molecule has 0 radical (unpaired) electrons. The summed E-state index contributed by atoms with van der Waals surface area (Å²) < 4.78 is 10.3. The average Bonchev–Trinajstić information content (AvgIpc) is 2.27. The molecule has 0 bridgehead atoms. The van der Waals surface area contributed by atoms with Gasteiger partial charge in [0.15, 0.2) is 0 Å². The first-order valence-electron chi connectivity index (χ1n) is 6.54. The van der Waals surface area contributed by atoms with Crippen molar-refractivity contribution in [3.63, 3.8) is 0 Å². The minimum Gasteiger partial charge on any atom is -0.463 e. The van der Waals surface area contributed by atoms with Crippen LogP contribution in [-0.4, -0.2) is 36.7 Å². The fourth-order valence-electron chi connectivity index (χ4n) is 1.95.